The Balaban J connectivity index is 1.95. The molecule has 2 rings (SSSR count). The minimum absolute atomic E-state index is 0.0154. The van der Waals surface area contributed by atoms with Gasteiger partial charge in [0.05, 0.1) is 17.7 Å². The van der Waals surface area contributed by atoms with E-state index in [0.29, 0.717) is 18.7 Å². The highest BCUT2D eigenvalue weighted by Gasteiger charge is 2.31. The number of carbonyl (C=O) groups is 1. The van der Waals surface area contributed by atoms with Gasteiger partial charge in [-0.25, -0.2) is 0 Å². The molecule has 20 heavy (non-hydrogen) atoms. The standard InChI is InChI=1S/C13H15F3N2O2/c1-20-10-6-11(17-7-10)12(19)18-9-4-2-8(3-5-9)13(14,15)16/h2-5,10-11,17H,6-7H2,1H3,(H,18,19). The van der Waals surface area contributed by atoms with Gasteiger partial charge in [0.1, 0.15) is 0 Å². The molecule has 0 saturated carbocycles. The van der Waals surface area contributed by atoms with E-state index in [-0.39, 0.29) is 18.1 Å². The fourth-order valence-corrected chi connectivity index (χ4v) is 2.05. The number of amides is 1. The molecular formula is C13H15F3N2O2. The third-order valence-corrected chi connectivity index (χ3v) is 3.22. The quantitative estimate of drug-likeness (QED) is 0.894. The molecule has 2 atom stereocenters. The van der Waals surface area contributed by atoms with Crippen molar-refractivity contribution >= 4 is 11.6 Å². The van der Waals surface area contributed by atoms with E-state index < -0.39 is 11.7 Å². The number of alkyl halides is 3. The van der Waals surface area contributed by atoms with E-state index in [1.54, 1.807) is 7.11 Å². The Hall–Kier alpha value is -1.60. The second-order valence-electron chi connectivity index (χ2n) is 4.62. The summed E-state index contributed by atoms with van der Waals surface area (Å²) in [7, 11) is 1.57. The molecule has 0 aliphatic carbocycles. The number of carbonyl (C=O) groups excluding carboxylic acids is 1. The lowest BCUT2D eigenvalue weighted by Crippen LogP contribution is -2.35. The number of benzene rings is 1. The molecule has 0 aromatic heterocycles. The van der Waals surface area contributed by atoms with Crippen LogP contribution in [-0.2, 0) is 15.7 Å². The summed E-state index contributed by atoms with van der Waals surface area (Å²) in [5.74, 6) is -0.274. The molecule has 1 aliphatic heterocycles. The number of rotatable bonds is 3. The van der Waals surface area contributed by atoms with E-state index in [1.165, 1.54) is 12.1 Å². The van der Waals surface area contributed by atoms with Gasteiger partial charge in [0.15, 0.2) is 0 Å². The molecule has 7 heteroatoms. The van der Waals surface area contributed by atoms with Gasteiger partial charge in [0.2, 0.25) is 5.91 Å². The number of nitrogens with one attached hydrogen (secondary N) is 2. The van der Waals surface area contributed by atoms with E-state index in [1.807, 2.05) is 0 Å². The van der Waals surface area contributed by atoms with Gasteiger partial charge in [-0.3, -0.25) is 4.79 Å². The van der Waals surface area contributed by atoms with Crippen LogP contribution in [0, 0.1) is 0 Å². The summed E-state index contributed by atoms with van der Waals surface area (Å²) in [5, 5.41) is 5.58. The Bertz CT molecular complexity index is 473. The van der Waals surface area contributed by atoms with Gasteiger partial charge in [0, 0.05) is 19.3 Å². The summed E-state index contributed by atoms with van der Waals surface area (Å²) < 4.78 is 42.3. The maximum atomic E-state index is 12.4. The molecule has 0 bridgehead atoms. The fourth-order valence-electron chi connectivity index (χ4n) is 2.05. The predicted octanol–water partition coefficient (Wildman–Crippen LogP) is 2.02. The normalized spacial score (nSPS) is 22.8. The minimum atomic E-state index is -4.37. The zero-order valence-electron chi connectivity index (χ0n) is 10.8. The first-order chi connectivity index (χ1) is 9.40. The maximum Gasteiger partial charge on any atom is 0.416 e. The summed E-state index contributed by atoms with van der Waals surface area (Å²) in [4.78, 5) is 11.9. The first-order valence-corrected chi connectivity index (χ1v) is 6.14. The zero-order chi connectivity index (χ0) is 14.8. The molecule has 0 radical (unpaired) electrons. The minimum Gasteiger partial charge on any atom is -0.380 e. The van der Waals surface area contributed by atoms with Crippen molar-refractivity contribution in [2.24, 2.45) is 0 Å². The van der Waals surface area contributed by atoms with Crippen molar-refractivity contribution < 1.29 is 22.7 Å². The molecule has 2 unspecified atom stereocenters. The van der Waals surface area contributed by atoms with Gasteiger partial charge in [-0.05, 0) is 30.7 Å². The van der Waals surface area contributed by atoms with E-state index in [2.05, 4.69) is 10.6 Å². The largest absolute Gasteiger partial charge is 0.416 e. The molecule has 1 aromatic carbocycles. The van der Waals surface area contributed by atoms with Crippen molar-refractivity contribution in [2.45, 2.75) is 24.7 Å². The topological polar surface area (TPSA) is 50.4 Å². The van der Waals surface area contributed by atoms with Gasteiger partial charge in [-0.1, -0.05) is 0 Å². The van der Waals surface area contributed by atoms with Crippen LogP contribution in [-0.4, -0.2) is 31.7 Å². The van der Waals surface area contributed by atoms with Crippen molar-refractivity contribution in [3.63, 3.8) is 0 Å². The van der Waals surface area contributed by atoms with E-state index in [4.69, 9.17) is 4.74 Å². The van der Waals surface area contributed by atoms with Gasteiger partial charge in [-0.15, -0.1) is 0 Å². The Morgan fingerprint density at radius 3 is 2.50 bits per heavy atom. The van der Waals surface area contributed by atoms with E-state index in [9.17, 15) is 18.0 Å². The Kier molecular flexibility index (Phi) is 4.29. The number of hydrogen-bond donors (Lipinski definition) is 2. The van der Waals surface area contributed by atoms with Gasteiger partial charge >= 0.3 is 6.18 Å². The van der Waals surface area contributed by atoms with Crippen LogP contribution in [0.25, 0.3) is 0 Å². The lowest BCUT2D eigenvalue weighted by atomic mass is 10.1. The summed E-state index contributed by atoms with van der Waals surface area (Å²) >= 11 is 0. The van der Waals surface area contributed by atoms with Crippen LogP contribution >= 0.6 is 0 Å². The highest BCUT2D eigenvalue weighted by molar-refractivity contribution is 5.95. The average Bonchev–Trinajstić information content (AvgIpc) is 2.87. The van der Waals surface area contributed by atoms with Crippen LogP contribution in [0.1, 0.15) is 12.0 Å². The third kappa shape index (κ3) is 3.49. The van der Waals surface area contributed by atoms with Crippen molar-refractivity contribution in [3.8, 4) is 0 Å². The van der Waals surface area contributed by atoms with E-state index in [0.717, 1.165) is 12.1 Å². The van der Waals surface area contributed by atoms with Crippen molar-refractivity contribution in [3.05, 3.63) is 29.8 Å². The van der Waals surface area contributed by atoms with Gasteiger partial charge in [-0.2, -0.15) is 13.2 Å². The van der Waals surface area contributed by atoms with Crippen LogP contribution < -0.4 is 10.6 Å². The van der Waals surface area contributed by atoms with E-state index >= 15 is 0 Å². The molecular weight excluding hydrogens is 273 g/mol. The number of methoxy groups -OCH3 is 1. The van der Waals surface area contributed by atoms with Crippen molar-refractivity contribution in [2.75, 3.05) is 19.0 Å². The van der Waals surface area contributed by atoms with Crippen molar-refractivity contribution in [1.29, 1.82) is 0 Å². The Morgan fingerprint density at radius 2 is 2.00 bits per heavy atom. The number of anilines is 1. The third-order valence-electron chi connectivity index (χ3n) is 3.22. The van der Waals surface area contributed by atoms with Crippen LogP contribution in [0.15, 0.2) is 24.3 Å². The monoisotopic (exact) mass is 288 g/mol. The number of ether oxygens (including phenoxy) is 1. The molecule has 1 aromatic rings. The molecule has 1 aliphatic rings. The first-order valence-electron chi connectivity index (χ1n) is 6.14. The molecule has 1 fully saturated rings. The van der Waals surface area contributed by atoms with Crippen LogP contribution in [0.3, 0.4) is 0 Å². The SMILES string of the molecule is COC1CNC(C(=O)Nc2ccc(C(F)(F)F)cc2)C1. The molecule has 110 valence electrons. The second kappa shape index (κ2) is 5.80. The second-order valence-corrected chi connectivity index (χ2v) is 4.62. The summed E-state index contributed by atoms with van der Waals surface area (Å²) in [6, 6.07) is 3.97. The number of halogens is 3. The predicted molar refractivity (Wildman–Crippen MR) is 67.3 cm³/mol. The summed E-state index contributed by atoms with van der Waals surface area (Å²) in [6.45, 7) is 0.585. The Labute approximate surface area is 114 Å². The van der Waals surface area contributed by atoms with Gasteiger partial charge in [0.25, 0.3) is 0 Å². The molecule has 1 saturated heterocycles. The highest BCUT2D eigenvalue weighted by Crippen LogP contribution is 2.29. The summed E-state index contributed by atoms with van der Waals surface area (Å²) in [6.07, 6.45) is -3.84. The van der Waals surface area contributed by atoms with Crippen LogP contribution in [0.5, 0.6) is 0 Å². The molecule has 4 nitrogen and oxygen atoms in total. The maximum absolute atomic E-state index is 12.4. The molecule has 1 heterocycles. The van der Waals surface area contributed by atoms with Crippen LogP contribution in [0.4, 0.5) is 18.9 Å². The molecule has 0 spiro atoms. The zero-order valence-corrected chi connectivity index (χ0v) is 10.8. The van der Waals surface area contributed by atoms with Crippen molar-refractivity contribution in [1.82, 2.24) is 5.32 Å². The smallest absolute Gasteiger partial charge is 0.380 e. The Morgan fingerprint density at radius 1 is 1.35 bits per heavy atom. The molecule has 2 N–H and O–H groups in total. The highest BCUT2D eigenvalue weighted by atomic mass is 19.4. The number of hydrogen-bond acceptors (Lipinski definition) is 3. The lowest BCUT2D eigenvalue weighted by molar-refractivity contribution is -0.137. The van der Waals surface area contributed by atoms with Gasteiger partial charge < -0.3 is 15.4 Å². The lowest BCUT2D eigenvalue weighted by Gasteiger charge is -2.12. The van der Waals surface area contributed by atoms with Crippen LogP contribution in [0.2, 0.25) is 0 Å². The summed E-state index contributed by atoms with van der Waals surface area (Å²) in [5.41, 5.74) is -0.403. The molecule has 1 amide bonds. The average molecular weight is 288 g/mol. The first kappa shape index (κ1) is 14.8. The fraction of sp³-hybridized carbons (Fsp3) is 0.462.